The maximum absolute atomic E-state index is 12.8. The van der Waals surface area contributed by atoms with Gasteiger partial charge in [0.15, 0.2) is 0 Å². The Balaban J connectivity index is 1.81. The van der Waals surface area contributed by atoms with Crippen LogP contribution in [0.3, 0.4) is 0 Å². The van der Waals surface area contributed by atoms with Gasteiger partial charge in [-0.3, -0.25) is 14.5 Å². The van der Waals surface area contributed by atoms with Crippen molar-refractivity contribution in [2.75, 3.05) is 38.5 Å². The van der Waals surface area contributed by atoms with Gasteiger partial charge in [0.2, 0.25) is 11.8 Å². The van der Waals surface area contributed by atoms with Crippen LogP contribution in [-0.2, 0) is 9.59 Å². The van der Waals surface area contributed by atoms with Crippen LogP contribution in [0.1, 0.15) is 18.4 Å². The zero-order valence-electron chi connectivity index (χ0n) is 15.0. The second-order valence-electron chi connectivity index (χ2n) is 6.78. The summed E-state index contributed by atoms with van der Waals surface area (Å²) in [6.07, 6.45) is -3.72. The van der Waals surface area contributed by atoms with Gasteiger partial charge in [-0.1, -0.05) is 17.7 Å². The average Bonchev–Trinajstić information content (AvgIpc) is 2.56. The number of carbonyl (C=O) groups is 2. The fourth-order valence-corrected chi connectivity index (χ4v) is 2.92. The molecule has 1 aromatic carbocycles. The summed E-state index contributed by atoms with van der Waals surface area (Å²) in [7, 11) is 1.47. The molecular weight excluding hydrogens is 347 g/mol. The van der Waals surface area contributed by atoms with Gasteiger partial charge in [0.05, 0.1) is 19.0 Å². The van der Waals surface area contributed by atoms with Gasteiger partial charge >= 0.3 is 6.18 Å². The van der Waals surface area contributed by atoms with E-state index >= 15 is 0 Å². The highest BCUT2D eigenvalue weighted by Crippen LogP contribution is 2.32. The van der Waals surface area contributed by atoms with Gasteiger partial charge in [-0.15, -0.1) is 0 Å². The molecule has 0 spiro atoms. The Morgan fingerprint density at radius 3 is 2.54 bits per heavy atom. The predicted molar refractivity (Wildman–Crippen MR) is 92.7 cm³/mol. The summed E-state index contributed by atoms with van der Waals surface area (Å²) in [4.78, 5) is 27.0. The van der Waals surface area contributed by atoms with Crippen LogP contribution in [0.2, 0.25) is 0 Å². The standard InChI is InChI=1S/C18H24F3N3O2/c1-13-5-7-15(8-6-13)22-16(25)11-23(2)17(26)12-24-9-3-4-14(10-24)18(19,20)21/h5-8,14H,3-4,9-12H2,1-2H3,(H,22,25)/t14-/m0/s1. The van der Waals surface area contributed by atoms with Crippen molar-refractivity contribution in [3.8, 4) is 0 Å². The average molecular weight is 371 g/mol. The zero-order valence-corrected chi connectivity index (χ0v) is 15.0. The van der Waals surface area contributed by atoms with Gasteiger partial charge in [0, 0.05) is 19.3 Å². The molecule has 1 N–H and O–H groups in total. The molecular formula is C18H24F3N3O2. The Morgan fingerprint density at radius 2 is 1.92 bits per heavy atom. The van der Waals surface area contributed by atoms with Gasteiger partial charge in [-0.05, 0) is 38.4 Å². The lowest BCUT2D eigenvalue weighted by atomic mass is 9.97. The number of amides is 2. The van der Waals surface area contributed by atoms with Crippen molar-refractivity contribution in [3.63, 3.8) is 0 Å². The number of nitrogens with zero attached hydrogens (tertiary/aromatic N) is 2. The molecule has 26 heavy (non-hydrogen) atoms. The van der Waals surface area contributed by atoms with Crippen LogP contribution < -0.4 is 5.32 Å². The fourth-order valence-electron chi connectivity index (χ4n) is 2.92. The summed E-state index contributed by atoms with van der Waals surface area (Å²) < 4.78 is 38.5. The summed E-state index contributed by atoms with van der Waals surface area (Å²) in [5.41, 5.74) is 1.69. The minimum atomic E-state index is -4.23. The number of likely N-dealkylation sites (N-methyl/N-ethyl adjacent to an activating group) is 1. The summed E-state index contributed by atoms with van der Waals surface area (Å²) in [6, 6.07) is 7.25. The van der Waals surface area contributed by atoms with Crippen molar-refractivity contribution in [2.45, 2.75) is 25.9 Å². The molecule has 0 aromatic heterocycles. The first-order chi connectivity index (χ1) is 12.1. The molecule has 1 aromatic rings. The Morgan fingerprint density at radius 1 is 1.27 bits per heavy atom. The number of hydrogen-bond donors (Lipinski definition) is 1. The topological polar surface area (TPSA) is 52.7 Å². The molecule has 144 valence electrons. The van der Waals surface area contributed by atoms with Gasteiger partial charge in [0.25, 0.3) is 0 Å². The Labute approximate surface area is 151 Å². The van der Waals surface area contributed by atoms with Crippen LogP contribution in [0.15, 0.2) is 24.3 Å². The van der Waals surface area contributed by atoms with Crippen molar-refractivity contribution in [3.05, 3.63) is 29.8 Å². The van der Waals surface area contributed by atoms with E-state index in [0.29, 0.717) is 18.7 Å². The molecule has 0 radical (unpaired) electrons. The molecule has 1 aliphatic heterocycles. The van der Waals surface area contributed by atoms with Gasteiger partial charge in [-0.2, -0.15) is 13.2 Å². The van der Waals surface area contributed by atoms with Gasteiger partial charge in [-0.25, -0.2) is 0 Å². The quantitative estimate of drug-likeness (QED) is 0.866. The van der Waals surface area contributed by atoms with E-state index in [1.165, 1.54) is 16.8 Å². The molecule has 0 bridgehead atoms. The van der Waals surface area contributed by atoms with E-state index in [4.69, 9.17) is 0 Å². The lowest BCUT2D eigenvalue weighted by molar-refractivity contribution is -0.187. The molecule has 1 heterocycles. The van der Waals surface area contributed by atoms with Crippen LogP contribution in [0.5, 0.6) is 0 Å². The number of benzene rings is 1. The highest BCUT2D eigenvalue weighted by atomic mass is 19.4. The second-order valence-corrected chi connectivity index (χ2v) is 6.78. The molecule has 0 saturated carbocycles. The number of hydrogen-bond acceptors (Lipinski definition) is 3. The molecule has 5 nitrogen and oxygen atoms in total. The van der Waals surface area contributed by atoms with Crippen molar-refractivity contribution in [1.29, 1.82) is 0 Å². The van der Waals surface area contributed by atoms with E-state index in [1.807, 2.05) is 19.1 Å². The maximum atomic E-state index is 12.8. The van der Waals surface area contributed by atoms with E-state index in [2.05, 4.69) is 5.32 Å². The first kappa shape index (κ1) is 20.2. The number of carbonyl (C=O) groups excluding carboxylic acids is 2. The van der Waals surface area contributed by atoms with Gasteiger partial charge in [0.1, 0.15) is 0 Å². The normalized spacial score (nSPS) is 18.4. The minimum absolute atomic E-state index is 0.100. The molecule has 0 aliphatic carbocycles. The fraction of sp³-hybridized carbons (Fsp3) is 0.556. The zero-order chi connectivity index (χ0) is 19.3. The van der Waals surface area contributed by atoms with E-state index < -0.39 is 12.1 Å². The third kappa shape index (κ3) is 6.01. The van der Waals surface area contributed by atoms with Crippen molar-refractivity contribution >= 4 is 17.5 Å². The van der Waals surface area contributed by atoms with Crippen molar-refractivity contribution in [2.24, 2.45) is 5.92 Å². The lowest BCUT2D eigenvalue weighted by Gasteiger charge is -2.34. The third-order valence-corrected chi connectivity index (χ3v) is 4.47. The SMILES string of the molecule is Cc1ccc(NC(=O)CN(C)C(=O)CN2CCC[C@H](C(F)(F)F)C2)cc1. The number of alkyl halides is 3. The summed E-state index contributed by atoms with van der Waals surface area (Å²) in [6.45, 7) is 1.96. The Kier molecular flexibility index (Phi) is 6.63. The van der Waals surface area contributed by atoms with Crippen molar-refractivity contribution < 1.29 is 22.8 Å². The summed E-state index contributed by atoms with van der Waals surface area (Å²) >= 11 is 0. The predicted octanol–water partition coefficient (Wildman–Crippen LogP) is 2.67. The highest BCUT2D eigenvalue weighted by Gasteiger charge is 2.42. The molecule has 2 rings (SSSR count). The van der Waals surface area contributed by atoms with Crippen LogP contribution in [0, 0.1) is 12.8 Å². The monoisotopic (exact) mass is 371 g/mol. The molecule has 8 heteroatoms. The van der Waals surface area contributed by atoms with Crippen LogP contribution >= 0.6 is 0 Å². The molecule has 1 fully saturated rings. The largest absolute Gasteiger partial charge is 0.393 e. The molecule has 0 unspecified atom stereocenters. The minimum Gasteiger partial charge on any atom is -0.335 e. The number of aryl methyl sites for hydroxylation is 1. The Hall–Kier alpha value is -2.09. The summed E-state index contributed by atoms with van der Waals surface area (Å²) in [5, 5.41) is 2.69. The van der Waals surface area contributed by atoms with Crippen molar-refractivity contribution in [1.82, 2.24) is 9.80 Å². The number of anilines is 1. The van der Waals surface area contributed by atoms with E-state index in [1.54, 1.807) is 12.1 Å². The first-order valence-corrected chi connectivity index (χ1v) is 8.54. The molecule has 2 amide bonds. The van der Waals surface area contributed by atoms with E-state index in [0.717, 1.165) is 5.56 Å². The number of halogens is 3. The Bertz CT molecular complexity index is 632. The maximum Gasteiger partial charge on any atom is 0.393 e. The first-order valence-electron chi connectivity index (χ1n) is 8.54. The highest BCUT2D eigenvalue weighted by molar-refractivity contribution is 5.94. The van der Waals surface area contributed by atoms with Crippen LogP contribution in [0.25, 0.3) is 0 Å². The molecule has 1 atom stereocenters. The lowest BCUT2D eigenvalue weighted by Crippen LogP contribution is -2.47. The smallest absolute Gasteiger partial charge is 0.335 e. The number of nitrogens with one attached hydrogen (secondary N) is 1. The molecule has 1 aliphatic rings. The number of rotatable bonds is 5. The van der Waals surface area contributed by atoms with Gasteiger partial charge < -0.3 is 10.2 Å². The van der Waals surface area contributed by atoms with E-state index in [9.17, 15) is 22.8 Å². The second kappa shape index (κ2) is 8.53. The van der Waals surface area contributed by atoms with Crippen LogP contribution in [0.4, 0.5) is 18.9 Å². The van der Waals surface area contributed by atoms with Crippen LogP contribution in [-0.4, -0.2) is 61.0 Å². The molecule has 1 saturated heterocycles. The number of likely N-dealkylation sites (tertiary alicyclic amines) is 1. The summed E-state index contributed by atoms with van der Waals surface area (Å²) in [5.74, 6) is -2.11. The number of piperidine rings is 1. The van der Waals surface area contributed by atoms with E-state index in [-0.39, 0.29) is 37.9 Å². The third-order valence-electron chi connectivity index (χ3n) is 4.47.